The van der Waals surface area contributed by atoms with E-state index in [0.29, 0.717) is 5.65 Å². The van der Waals surface area contributed by atoms with Crippen molar-refractivity contribution < 1.29 is 14.7 Å². The molecule has 1 amide bonds. The quantitative estimate of drug-likeness (QED) is 0.373. The van der Waals surface area contributed by atoms with Crippen LogP contribution in [0.4, 0.5) is 11.4 Å². The number of aromatic nitrogens is 4. The Morgan fingerprint density at radius 3 is 2.56 bits per heavy atom. The first kappa shape index (κ1) is 25.5. The lowest BCUT2D eigenvalue weighted by Gasteiger charge is -2.59. The number of hydrogen-bond acceptors (Lipinski definition) is 7. The number of carboxylic acid groups (broad SMARTS) is 1. The highest BCUT2D eigenvalue weighted by Crippen LogP contribution is 2.49. The first-order valence-corrected chi connectivity index (χ1v) is 14.1. The number of anilines is 2. The minimum absolute atomic E-state index is 0.0515. The van der Waals surface area contributed by atoms with Crippen molar-refractivity contribution in [2.75, 3.05) is 36.0 Å². The summed E-state index contributed by atoms with van der Waals surface area (Å²) in [4.78, 5) is 37.3. The monoisotopic (exact) mass is 551 g/mol. The third-order valence-corrected chi connectivity index (χ3v) is 9.19. The van der Waals surface area contributed by atoms with Crippen LogP contribution in [0.2, 0.25) is 0 Å². The van der Waals surface area contributed by atoms with E-state index in [-0.39, 0.29) is 34.3 Å². The first-order valence-electron chi connectivity index (χ1n) is 14.1. The molecule has 1 atom stereocenters. The van der Waals surface area contributed by atoms with Crippen LogP contribution in [0.5, 0.6) is 0 Å². The SMILES string of the molecule is Cc1cc(N2CC[C@](C)(c3ccccc3)C2)cn2nc(C(=O)NC3CC4(C3)CN(c3ccnc(C(=O)O)c3)C4)nc12. The van der Waals surface area contributed by atoms with Crippen molar-refractivity contribution in [2.24, 2.45) is 5.41 Å². The molecule has 3 aromatic heterocycles. The number of fused-ring (bicyclic) bond motifs is 1. The maximum absolute atomic E-state index is 13.1. The number of carbonyl (C=O) groups is 2. The fraction of sp³-hybridized carbons (Fsp3) is 0.387. The Kier molecular flexibility index (Phi) is 5.78. The van der Waals surface area contributed by atoms with Gasteiger partial charge >= 0.3 is 5.97 Å². The predicted molar refractivity (Wildman–Crippen MR) is 155 cm³/mol. The second-order valence-electron chi connectivity index (χ2n) is 12.3. The van der Waals surface area contributed by atoms with E-state index in [1.54, 1.807) is 10.6 Å². The fourth-order valence-electron chi connectivity index (χ4n) is 6.93. The molecule has 1 aliphatic carbocycles. The van der Waals surface area contributed by atoms with Gasteiger partial charge in [0, 0.05) is 54.9 Å². The average Bonchev–Trinajstić information content (AvgIpc) is 3.55. The summed E-state index contributed by atoms with van der Waals surface area (Å²) >= 11 is 0. The summed E-state index contributed by atoms with van der Waals surface area (Å²) in [7, 11) is 0. The van der Waals surface area contributed by atoms with Crippen molar-refractivity contribution in [1.82, 2.24) is 24.9 Å². The van der Waals surface area contributed by atoms with Crippen molar-refractivity contribution >= 4 is 28.9 Å². The molecule has 10 heteroatoms. The second-order valence-corrected chi connectivity index (χ2v) is 12.3. The molecule has 210 valence electrons. The van der Waals surface area contributed by atoms with E-state index in [1.165, 1.54) is 11.8 Å². The summed E-state index contributed by atoms with van der Waals surface area (Å²) in [6.45, 7) is 7.91. The van der Waals surface area contributed by atoms with Gasteiger partial charge in [-0.2, -0.15) is 0 Å². The molecule has 0 bridgehead atoms. The van der Waals surface area contributed by atoms with E-state index in [0.717, 1.165) is 62.4 Å². The van der Waals surface area contributed by atoms with Crippen molar-refractivity contribution in [3.05, 3.63) is 83.6 Å². The smallest absolute Gasteiger partial charge is 0.354 e. The average molecular weight is 552 g/mol. The molecule has 0 unspecified atom stereocenters. The number of aromatic carboxylic acids is 1. The Hall–Kier alpha value is -4.47. The van der Waals surface area contributed by atoms with Gasteiger partial charge in [0.15, 0.2) is 5.65 Å². The van der Waals surface area contributed by atoms with Gasteiger partial charge in [0.1, 0.15) is 5.69 Å². The standard InChI is InChI=1S/C31H33N7O3/c1-20-12-24(36-11-9-30(2,17-36)21-6-4-3-5-7-21)16-38-27(20)34-26(35-38)28(39)33-22-14-31(15-22)18-37(19-31)23-8-10-32-25(13-23)29(40)41/h3-8,10,12-13,16,22H,9,11,14-15,17-19H2,1-2H3,(H,33,39)(H,40,41)/t30-/m0/s1. The maximum Gasteiger partial charge on any atom is 0.354 e. The summed E-state index contributed by atoms with van der Waals surface area (Å²) in [5.41, 5.74) is 5.31. The highest BCUT2D eigenvalue weighted by molar-refractivity contribution is 5.91. The molecule has 0 radical (unpaired) electrons. The van der Waals surface area contributed by atoms with E-state index in [9.17, 15) is 14.7 Å². The number of benzene rings is 1. The van der Waals surface area contributed by atoms with E-state index in [4.69, 9.17) is 0 Å². The van der Waals surface area contributed by atoms with E-state index in [1.807, 2.05) is 19.2 Å². The Bertz CT molecular complexity index is 1660. The first-order chi connectivity index (χ1) is 19.7. The van der Waals surface area contributed by atoms with E-state index in [2.05, 4.69) is 73.5 Å². The van der Waals surface area contributed by atoms with Crippen LogP contribution in [0.25, 0.3) is 5.65 Å². The number of pyridine rings is 2. The molecule has 41 heavy (non-hydrogen) atoms. The zero-order valence-corrected chi connectivity index (χ0v) is 23.2. The number of nitrogens with zero attached hydrogens (tertiary/aromatic N) is 6. The van der Waals surface area contributed by atoms with Gasteiger partial charge in [0.25, 0.3) is 5.91 Å². The maximum atomic E-state index is 13.1. The number of carbonyl (C=O) groups excluding carboxylic acids is 1. The molecule has 1 spiro atoms. The van der Waals surface area contributed by atoms with Crippen LogP contribution in [0.1, 0.15) is 58.4 Å². The molecule has 7 rings (SSSR count). The normalized spacial score (nSPS) is 21.6. The Morgan fingerprint density at radius 2 is 1.80 bits per heavy atom. The van der Waals surface area contributed by atoms with Gasteiger partial charge in [0.2, 0.25) is 5.82 Å². The molecule has 2 N–H and O–H groups in total. The lowest BCUT2D eigenvalue weighted by molar-refractivity contribution is 0.0438. The van der Waals surface area contributed by atoms with Crippen LogP contribution in [0.15, 0.2) is 60.9 Å². The van der Waals surface area contributed by atoms with Crippen molar-refractivity contribution in [1.29, 1.82) is 0 Å². The van der Waals surface area contributed by atoms with Crippen LogP contribution in [-0.4, -0.2) is 68.8 Å². The predicted octanol–water partition coefficient (Wildman–Crippen LogP) is 3.70. The summed E-state index contributed by atoms with van der Waals surface area (Å²) in [6, 6.07) is 16.4. The molecule has 10 nitrogen and oxygen atoms in total. The van der Waals surface area contributed by atoms with Gasteiger partial charge in [-0.3, -0.25) is 4.79 Å². The molecule has 2 aliphatic heterocycles. The van der Waals surface area contributed by atoms with Gasteiger partial charge in [0.05, 0.1) is 11.9 Å². The van der Waals surface area contributed by atoms with Crippen LogP contribution in [0, 0.1) is 12.3 Å². The highest BCUT2D eigenvalue weighted by atomic mass is 16.4. The molecule has 4 aromatic rings. The lowest BCUT2D eigenvalue weighted by atomic mass is 9.60. The number of rotatable bonds is 6. The summed E-state index contributed by atoms with van der Waals surface area (Å²) in [5.74, 6) is -1.08. The summed E-state index contributed by atoms with van der Waals surface area (Å²) < 4.78 is 1.74. The second kappa shape index (κ2) is 9.29. The van der Waals surface area contributed by atoms with Crippen molar-refractivity contribution in [3.8, 4) is 0 Å². The number of nitrogens with one attached hydrogen (secondary N) is 1. The molecule has 5 heterocycles. The van der Waals surface area contributed by atoms with Crippen LogP contribution >= 0.6 is 0 Å². The molecular weight excluding hydrogens is 518 g/mol. The number of carboxylic acids is 1. The van der Waals surface area contributed by atoms with Crippen molar-refractivity contribution in [2.45, 2.75) is 44.6 Å². The summed E-state index contributed by atoms with van der Waals surface area (Å²) in [5, 5.41) is 16.9. The number of hydrogen-bond donors (Lipinski definition) is 2. The summed E-state index contributed by atoms with van der Waals surface area (Å²) in [6.07, 6.45) is 6.37. The van der Waals surface area contributed by atoms with Crippen molar-refractivity contribution in [3.63, 3.8) is 0 Å². The van der Waals surface area contributed by atoms with Gasteiger partial charge < -0.3 is 20.2 Å². The minimum atomic E-state index is -1.03. The van der Waals surface area contributed by atoms with Gasteiger partial charge in [-0.25, -0.2) is 19.3 Å². The van der Waals surface area contributed by atoms with Crippen LogP contribution < -0.4 is 15.1 Å². The number of aryl methyl sites for hydroxylation is 1. The largest absolute Gasteiger partial charge is 0.477 e. The third kappa shape index (κ3) is 4.47. The highest BCUT2D eigenvalue weighted by Gasteiger charge is 2.53. The van der Waals surface area contributed by atoms with E-state index >= 15 is 0 Å². The zero-order valence-electron chi connectivity index (χ0n) is 23.2. The molecular formula is C31H33N7O3. The zero-order chi connectivity index (χ0) is 28.4. The molecule has 3 aliphatic rings. The van der Waals surface area contributed by atoms with E-state index < -0.39 is 5.97 Å². The molecule has 1 aromatic carbocycles. The molecule has 3 fully saturated rings. The molecule has 1 saturated carbocycles. The Balaban J connectivity index is 0.982. The van der Waals surface area contributed by atoms with Crippen LogP contribution in [-0.2, 0) is 5.41 Å². The minimum Gasteiger partial charge on any atom is -0.477 e. The van der Waals surface area contributed by atoms with Gasteiger partial charge in [-0.15, -0.1) is 5.10 Å². The Labute approximate surface area is 238 Å². The Morgan fingerprint density at radius 1 is 1.02 bits per heavy atom. The third-order valence-electron chi connectivity index (χ3n) is 9.19. The van der Waals surface area contributed by atoms with Crippen LogP contribution in [0.3, 0.4) is 0 Å². The number of amides is 1. The molecule has 2 saturated heterocycles. The van der Waals surface area contributed by atoms with Gasteiger partial charge in [-0.1, -0.05) is 37.3 Å². The van der Waals surface area contributed by atoms with Gasteiger partial charge in [-0.05, 0) is 55.5 Å². The lowest BCUT2D eigenvalue weighted by Crippen LogP contribution is -2.66. The topological polar surface area (TPSA) is 116 Å². The fourth-order valence-corrected chi connectivity index (χ4v) is 6.93.